The van der Waals surface area contributed by atoms with Gasteiger partial charge in [-0.05, 0) is 91.2 Å². The van der Waals surface area contributed by atoms with Gasteiger partial charge in [0.1, 0.15) is 11.6 Å². The van der Waals surface area contributed by atoms with E-state index < -0.39 is 0 Å². The van der Waals surface area contributed by atoms with Crippen LogP contribution >= 0.6 is 0 Å². The lowest BCUT2D eigenvalue weighted by atomic mass is 9.61. The van der Waals surface area contributed by atoms with Crippen molar-refractivity contribution in [2.45, 2.75) is 95.8 Å². The molecule has 0 aromatic heterocycles. The molecular weight excluding hydrogens is 411 g/mol. The minimum Gasteiger partial charge on any atom is -0.426 e. The van der Waals surface area contributed by atoms with Gasteiger partial charge in [-0.1, -0.05) is 70.2 Å². The third-order valence-electron chi connectivity index (χ3n) is 8.46. The number of benzene rings is 2. The summed E-state index contributed by atoms with van der Waals surface area (Å²) in [6, 6.07) is 15.2. The van der Waals surface area contributed by atoms with Crippen LogP contribution in [0.5, 0.6) is 5.75 Å². The van der Waals surface area contributed by atoms with Gasteiger partial charge in [0.25, 0.3) is 0 Å². The predicted octanol–water partition coefficient (Wildman–Crippen LogP) is 8.34. The Morgan fingerprint density at radius 3 is 2.21 bits per heavy atom. The smallest absolute Gasteiger partial charge is 0.314 e. The molecule has 178 valence electrons. The van der Waals surface area contributed by atoms with Crippen molar-refractivity contribution in [3.05, 3.63) is 65.5 Å². The Balaban J connectivity index is 1.37. The quantitative estimate of drug-likeness (QED) is 0.313. The molecule has 4 rings (SSSR count). The topological polar surface area (TPSA) is 26.3 Å². The highest BCUT2D eigenvalue weighted by Gasteiger charge is 2.38. The van der Waals surface area contributed by atoms with Gasteiger partial charge in [-0.3, -0.25) is 4.79 Å². The minimum atomic E-state index is -0.324. The molecule has 2 nitrogen and oxygen atoms in total. The second kappa shape index (κ2) is 10.8. The molecule has 2 aliphatic rings. The standard InChI is InChI=1S/C30H39FO2/c1-3-7-22(2)30(20-5-4-6-21-30)26-14-12-24(13-15-26)23-8-10-25(11-9-23)29(32)33-28-18-16-27(31)17-19-28/h12-19,22-23,25H,3-11,20-21H2,1-2H3/t22?,23-,25-. The second-order valence-electron chi connectivity index (χ2n) is 10.5. The van der Waals surface area contributed by atoms with E-state index in [1.54, 1.807) is 5.56 Å². The first-order valence-electron chi connectivity index (χ1n) is 13.1. The zero-order valence-corrected chi connectivity index (χ0v) is 20.3. The predicted molar refractivity (Wildman–Crippen MR) is 132 cm³/mol. The van der Waals surface area contributed by atoms with Crippen LogP contribution in [0.2, 0.25) is 0 Å². The molecule has 0 aliphatic heterocycles. The van der Waals surface area contributed by atoms with Crippen LogP contribution in [0.15, 0.2) is 48.5 Å². The van der Waals surface area contributed by atoms with Crippen LogP contribution in [0.4, 0.5) is 4.39 Å². The van der Waals surface area contributed by atoms with Crippen LogP contribution < -0.4 is 4.74 Å². The Labute approximate surface area is 198 Å². The van der Waals surface area contributed by atoms with Crippen molar-refractivity contribution in [1.82, 2.24) is 0 Å². The average molecular weight is 451 g/mol. The van der Waals surface area contributed by atoms with Crippen LogP contribution in [-0.4, -0.2) is 5.97 Å². The summed E-state index contributed by atoms with van der Waals surface area (Å²) >= 11 is 0. The molecule has 1 atom stereocenters. The van der Waals surface area contributed by atoms with E-state index in [0.717, 1.165) is 31.6 Å². The van der Waals surface area contributed by atoms with Gasteiger partial charge in [-0.15, -0.1) is 0 Å². The van der Waals surface area contributed by atoms with Crippen LogP contribution in [-0.2, 0) is 10.2 Å². The van der Waals surface area contributed by atoms with E-state index in [-0.39, 0.29) is 17.7 Å². The molecule has 0 radical (unpaired) electrons. The highest BCUT2D eigenvalue weighted by atomic mass is 19.1. The molecule has 2 aromatic carbocycles. The molecule has 2 saturated carbocycles. The molecular formula is C30H39FO2. The Kier molecular flexibility index (Phi) is 7.88. The van der Waals surface area contributed by atoms with Gasteiger partial charge in [0.15, 0.2) is 0 Å². The van der Waals surface area contributed by atoms with Crippen molar-refractivity contribution in [1.29, 1.82) is 0 Å². The van der Waals surface area contributed by atoms with Crippen molar-refractivity contribution in [2.24, 2.45) is 11.8 Å². The third kappa shape index (κ3) is 5.50. The number of hydrogen-bond acceptors (Lipinski definition) is 2. The largest absolute Gasteiger partial charge is 0.426 e. The fraction of sp³-hybridized carbons (Fsp3) is 0.567. The Hall–Kier alpha value is -2.16. The normalized spacial score (nSPS) is 23.6. The molecule has 0 saturated heterocycles. The van der Waals surface area contributed by atoms with Crippen LogP contribution in [0.1, 0.15) is 102 Å². The SMILES string of the molecule is CCCC(C)C1(c2ccc([C@H]3CC[C@H](C(=O)Oc4ccc(F)cc4)CC3)cc2)CCCCC1. The number of halogens is 1. The van der Waals surface area contributed by atoms with Crippen molar-refractivity contribution >= 4 is 5.97 Å². The fourth-order valence-electron chi connectivity index (χ4n) is 6.41. The number of carbonyl (C=O) groups is 1. The van der Waals surface area contributed by atoms with Crippen molar-refractivity contribution in [3.8, 4) is 5.75 Å². The second-order valence-corrected chi connectivity index (χ2v) is 10.5. The van der Waals surface area contributed by atoms with E-state index in [4.69, 9.17) is 4.74 Å². The van der Waals surface area contributed by atoms with E-state index in [1.807, 2.05) is 0 Å². The van der Waals surface area contributed by atoms with Crippen molar-refractivity contribution in [3.63, 3.8) is 0 Å². The monoisotopic (exact) mass is 450 g/mol. The zero-order chi connectivity index (χ0) is 23.3. The highest BCUT2D eigenvalue weighted by Crippen LogP contribution is 2.47. The van der Waals surface area contributed by atoms with Crippen LogP contribution in [0, 0.1) is 17.7 Å². The number of rotatable bonds is 7. The summed E-state index contributed by atoms with van der Waals surface area (Å²) in [5.74, 6) is 1.11. The summed E-state index contributed by atoms with van der Waals surface area (Å²) in [7, 11) is 0. The van der Waals surface area contributed by atoms with E-state index in [1.165, 1.54) is 74.8 Å². The van der Waals surface area contributed by atoms with E-state index in [9.17, 15) is 9.18 Å². The summed E-state index contributed by atoms with van der Waals surface area (Å²) in [6.45, 7) is 4.77. The summed E-state index contributed by atoms with van der Waals surface area (Å²) in [5.41, 5.74) is 3.32. The lowest BCUT2D eigenvalue weighted by Crippen LogP contribution is -2.36. The summed E-state index contributed by atoms with van der Waals surface area (Å²) < 4.78 is 18.5. The first-order valence-corrected chi connectivity index (χ1v) is 13.1. The van der Waals surface area contributed by atoms with Gasteiger partial charge in [0.05, 0.1) is 5.92 Å². The molecule has 0 N–H and O–H groups in total. The molecule has 0 heterocycles. The van der Waals surface area contributed by atoms with Crippen LogP contribution in [0.3, 0.4) is 0 Å². The van der Waals surface area contributed by atoms with E-state index in [0.29, 0.717) is 17.1 Å². The van der Waals surface area contributed by atoms with E-state index >= 15 is 0 Å². The van der Waals surface area contributed by atoms with E-state index in [2.05, 4.69) is 38.1 Å². The summed E-state index contributed by atoms with van der Waals surface area (Å²) in [4.78, 5) is 12.6. The van der Waals surface area contributed by atoms with Gasteiger partial charge in [-0.2, -0.15) is 0 Å². The zero-order valence-electron chi connectivity index (χ0n) is 20.3. The maximum Gasteiger partial charge on any atom is 0.314 e. The maximum absolute atomic E-state index is 13.1. The van der Waals surface area contributed by atoms with Crippen molar-refractivity contribution in [2.75, 3.05) is 0 Å². The molecule has 2 aromatic rings. The van der Waals surface area contributed by atoms with Crippen molar-refractivity contribution < 1.29 is 13.9 Å². The first-order chi connectivity index (χ1) is 16.0. The number of ether oxygens (including phenoxy) is 1. The number of esters is 1. The molecule has 0 bridgehead atoms. The molecule has 3 heteroatoms. The highest BCUT2D eigenvalue weighted by molar-refractivity contribution is 5.75. The molecule has 2 aliphatic carbocycles. The minimum absolute atomic E-state index is 0.0639. The van der Waals surface area contributed by atoms with Crippen LogP contribution in [0.25, 0.3) is 0 Å². The molecule has 1 unspecified atom stereocenters. The Morgan fingerprint density at radius 2 is 1.61 bits per heavy atom. The summed E-state index contributed by atoms with van der Waals surface area (Å²) in [6.07, 6.45) is 13.0. The Bertz CT molecular complexity index is 888. The molecule has 0 amide bonds. The lowest BCUT2D eigenvalue weighted by molar-refractivity contribution is -0.140. The van der Waals surface area contributed by atoms with Gasteiger partial charge in [0, 0.05) is 0 Å². The van der Waals surface area contributed by atoms with Gasteiger partial charge < -0.3 is 4.74 Å². The van der Waals surface area contributed by atoms with Gasteiger partial charge >= 0.3 is 5.97 Å². The number of carbonyl (C=O) groups excluding carboxylic acids is 1. The molecule has 33 heavy (non-hydrogen) atoms. The summed E-state index contributed by atoms with van der Waals surface area (Å²) in [5, 5.41) is 0. The Morgan fingerprint density at radius 1 is 0.970 bits per heavy atom. The first kappa shape index (κ1) is 24.0. The third-order valence-corrected chi connectivity index (χ3v) is 8.46. The average Bonchev–Trinajstić information content (AvgIpc) is 2.86. The number of hydrogen-bond donors (Lipinski definition) is 0. The molecule has 2 fully saturated rings. The molecule has 0 spiro atoms. The maximum atomic E-state index is 13.1. The lowest BCUT2D eigenvalue weighted by Gasteiger charge is -2.43. The van der Waals surface area contributed by atoms with Gasteiger partial charge in [-0.25, -0.2) is 4.39 Å². The van der Waals surface area contributed by atoms with Gasteiger partial charge in [0.2, 0.25) is 0 Å². The fourth-order valence-corrected chi connectivity index (χ4v) is 6.41.